The Morgan fingerprint density at radius 2 is 2.14 bits per heavy atom. The fourth-order valence-corrected chi connectivity index (χ4v) is 3.49. The second-order valence-corrected chi connectivity index (χ2v) is 6.97. The fourth-order valence-electron chi connectivity index (χ4n) is 3.49. The summed E-state index contributed by atoms with van der Waals surface area (Å²) < 4.78 is 5.63. The normalized spacial score (nSPS) is 24.8. The lowest BCUT2D eigenvalue weighted by Crippen LogP contribution is -2.34. The minimum atomic E-state index is 0.426. The van der Waals surface area contributed by atoms with E-state index in [2.05, 4.69) is 37.1 Å². The molecule has 0 aromatic carbocycles. The highest BCUT2D eigenvalue weighted by atomic mass is 16.5. The third-order valence-electron chi connectivity index (χ3n) is 4.66. The van der Waals surface area contributed by atoms with Crippen LogP contribution in [0.4, 0.5) is 0 Å². The molecule has 0 aliphatic heterocycles. The molecule has 2 rings (SSSR count). The first-order valence-corrected chi connectivity index (χ1v) is 8.34. The maximum absolute atomic E-state index is 5.63. The maximum atomic E-state index is 5.63. The van der Waals surface area contributed by atoms with Gasteiger partial charge < -0.3 is 10.1 Å². The molecule has 1 aliphatic rings. The third kappa shape index (κ3) is 4.44. The molecule has 1 fully saturated rings. The zero-order valence-corrected chi connectivity index (χ0v) is 14.0. The van der Waals surface area contributed by atoms with E-state index < -0.39 is 0 Å². The Morgan fingerprint density at radius 1 is 1.33 bits per heavy atom. The van der Waals surface area contributed by atoms with Crippen LogP contribution >= 0.6 is 0 Å². The lowest BCUT2D eigenvalue weighted by atomic mass is 9.65. The van der Waals surface area contributed by atoms with Gasteiger partial charge in [0, 0.05) is 6.20 Å². The van der Waals surface area contributed by atoms with E-state index in [9.17, 15) is 0 Å². The molecule has 1 aliphatic carbocycles. The minimum Gasteiger partial charge on any atom is -0.492 e. The van der Waals surface area contributed by atoms with Gasteiger partial charge in [0.15, 0.2) is 0 Å². The van der Waals surface area contributed by atoms with Crippen LogP contribution in [0.25, 0.3) is 0 Å². The Balaban J connectivity index is 2.19. The molecule has 0 radical (unpaired) electrons. The molecule has 3 heteroatoms. The SMILES string of the molecule is CCNCC1CCC(C)(C)CC1c1cncc(OCC)c1. The van der Waals surface area contributed by atoms with Crippen LogP contribution in [0.1, 0.15) is 58.4 Å². The number of aromatic nitrogens is 1. The van der Waals surface area contributed by atoms with E-state index in [1.807, 2.05) is 19.3 Å². The summed E-state index contributed by atoms with van der Waals surface area (Å²) in [5, 5.41) is 3.53. The molecule has 0 spiro atoms. The van der Waals surface area contributed by atoms with Crippen molar-refractivity contribution in [3.63, 3.8) is 0 Å². The number of nitrogens with zero attached hydrogens (tertiary/aromatic N) is 1. The van der Waals surface area contributed by atoms with E-state index in [0.29, 0.717) is 23.9 Å². The van der Waals surface area contributed by atoms with Gasteiger partial charge in [0.25, 0.3) is 0 Å². The smallest absolute Gasteiger partial charge is 0.137 e. The molecule has 1 saturated carbocycles. The average molecular weight is 290 g/mol. The second-order valence-electron chi connectivity index (χ2n) is 6.97. The largest absolute Gasteiger partial charge is 0.492 e. The van der Waals surface area contributed by atoms with Crippen molar-refractivity contribution in [2.45, 2.75) is 52.9 Å². The summed E-state index contributed by atoms with van der Waals surface area (Å²) >= 11 is 0. The van der Waals surface area contributed by atoms with Gasteiger partial charge in [-0.25, -0.2) is 0 Å². The zero-order chi connectivity index (χ0) is 15.3. The van der Waals surface area contributed by atoms with E-state index in [-0.39, 0.29) is 0 Å². The van der Waals surface area contributed by atoms with Gasteiger partial charge in [-0.1, -0.05) is 20.8 Å². The quantitative estimate of drug-likeness (QED) is 0.860. The Kier molecular flexibility index (Phi) is 5.63. The van der Waals surface area contributed by atoms with Crippen molar-refractivity contribution in [1.82, 2.24) is 10.3 Å². The predicted molar refractivity (Wildman–Crippen MR) is 87.8 cm³/mol. The molecule has 0 amide bonds. The average Bonchev–Trinajstić information content (AvgIpc) is 2.46. The van der Waals surface area contributed by atoms with Crippen molar-refractivity contribution < 1.29 is 4.74 Å². The Morgan fingerprint density at radius 3 is 2.86 bits per heavy atom. The van der Waals surface area contributed by atoms with E-state index in [0.717, 1.165) is 18.8 Å². The van der Waals surface area contributed by atoms with E-state index in [1.165, 1.54) is 24.8 Å². The van der Waals surface area contributed by atoms with Crippen molar-refractivity contribution in [2.24, 2.45) is 11.3 Å². The highest BCUT2D eigenvalue weighted by molar-refractivity contribution is 5.27. The van der Waals surface area contributed by atoms with Gasteiger partial charge in [0.1, 0.15) is 5.75 Å². The second kappa shape index (κ2) is 7.26. The molecule has 1 aromatic rings. The van der Waals surface area contributed by atoms with Crippen molar-refractivity contribution in [3.05, 3.63) is 24.0 Å². The maximum Gasteiger partial charge on any atom is 0.137 e. The zero-order valence-electron chi connectivity index (χ0n) is 14.0. The van der Waals surface area contributed by atoms with Crippen LogP contribution in [0.15, 0.2) is 18.5 Å². The summed E-state index contributed by atoms with van der Waals surface area (Å²) in [6.45, 7) is 11.8. The van der Waals surface area contributed by atoms with Crippen LogP contribution in [0.3, 0.4) is 0 Å². The molecule has 2 unspecified atom stereocenters. The molecule has 21 heavy (non-hydrogen) atoms. The highest BCUT2D eigenvalue weighted by Crippen LogP contribution is 2.46. The number of nitrogens with one attached hydrogen (secondary N) is 1. The molecule has 0 saturated heterocycles. The fraction of sp³-hybridized carbons (Fsp3) is 0.722. The standard InChI is InChI=1S/C18H30N2O/c1-5-19-11-14-7-8-18(3,4)10-17(14)15-9-16(21-6-2)13-20-12-15/h9,12-14,17,19H,5-8,10-11H2,1-4H3. The van der Waals surface area contributed by atoms with Gasteiger partial charge in [-0.15, -0.1) is 0 Å². The van der Waals surface area contributed by atoms with E-state index in [4.69, 9.17) is 4.74 Å². The lowest BCUT2D eigenvalue weighted by molar-refractivity contribution is 0.159. The van der Waals surface area contributed by atoms with Crippen LogP contribution < -0.4 is 10.1 Å². The van der Waals surface area contributed by atoms with Crippen LogP contribution in [-0.4, -0.2) is 24.7 Å². The van der Waals surface area contributed by atoms with E-state index >= 15 is 0 Å². The molecule has 0 bridgehead atoms. The van der Waals surface area contributed by atoms with Crippen LogP contribution in [0.5, 0.6) is 5.75 Å². The highest BCUT2D eigenvalue weighted by Gasteiger charge is 2.35. The molecule has 1 aromatic heterocycles. The lowest BCUT2D eigenvalue weighted by Gasteiger charge is -2.41. The van der Waals surface area contributed by atoms with Crippen molar-refractivity contribution >= 4 is 0 Å². The minimum absolute atomic E-state index is 0.426. The van der Waals surface area contributed by atoms with Crippen molar-refractivity contribution in [2.75, 3.05) is 19.7 Å². The van der Waals surface area contributed by atoms with Gasteiger partial charge in [-0.3, -0.25) is 4.98 Å². The molecular formula is C18H30N2O. The Bertz CT molecular complexity index is 445. The van der Waals surface area contributed by atoms with Crippen molar-refractivity contribution in [1.29, 1.82) is 0 Å². The van der Waals surface area contributed by atoms with E-state index in [1.54, 1.807) is 0 Å². The number of hydrogen-bond acceptors (Lipinski definition) is 3. The molecule has 118 valence electrons. The van der Waals surface area contributed by atoms with Gasteiger partial charge in [-0.2, -0.15) is 0 Å². The van der Waals surface area contributed by atoms with Gasteiger partial charge in [-0.05, 0) is 68.2 Å². The first-order chi connectivity index (χ1) is 10.1. The summed E-state index contributed by atoms with van der Waals surface area (Å²) in [5.74, 6) is 2.19. The van der Waals surface area contributed by atoms with Crippen LogP contribution in [-0.2, 0) is 0 Å². The first-order valence-electron chi connectivity index (χ1n) is 8.34. The third-order valence-corrected chi connectivity index (χ3v) is 4.66. The van der Waals surface area contributed by atoms with Crippen LogP contribution in [0.2, 0.25) is 0 Å². The summed E-state index contributed by atoms with van der Waals surface area (Å²) in [6.07, 6.45) is 7.70. The molecule has 2 atom stereocenters. The molecular weight excluding hydrogens is 260 g/mol. The topological polar surface area (TPSA) is 34.2 Å². The van der Waals surface area contributed by atoms with Gasteiger partial charge >= 0.3 is 0 Å². The molecule has 3 nitrogen and oxygen atoms in total. The predicted octanol–water partition coefficient (Wildman–Crippen LogP) is 4.00. The van der Waals surface area contributed by atoms with Gasteiger partial charge in [0.2, 0.25) is 0 Å². The number of rotatable bonds is 6. The Hall–Kier alpha value is -1.09. The van der Waals surface area contributed by atoms with Crippen molar-refractivity contribution in [3.8, 4) is 5.75 Å². The number of ether oxygens (including phenoxy) is 1. The monoisotopic (exact) mass is 290 g/mol. The summed E-state index contributed by atoms with van der Waals surface area (Å²) in [7, 11) is 0. The summed E-state index contributed by atoms with van der Waals surface area (Å²) in [4.78, 5) is 4.40. The molecule has 1 heterocycles. The summed E-state index contributed by atoms with van der Waals surface area (Å²) in [5.41, 5.74) is 1.77. The first kappa shape index (κ1) is 16.3. The van der Waals surface area contributed by atoms with Crippen LogP contribution in [0, 0.1) is 11.3 Å². The Labute approximate surface area is 129 Å². The summed E-state index contributed by atoms with van der Waals surface area (Å²) in [6, 6.07) is 2.20. The number of hydrogen-bond donors (Lipinski definition) is 1. The van der Waals surface area contributed by atoms with Gasteiger partial charge in [0.05, 0.1) is 12.8 Å². The number of pyridine rings is 1. The molecule has 1 N–H and O–H groups in total.